The van der Waals surface area contributed by atoms with Crippen LogP contribution in [0, 0.1) is 0 Å². The molecule has 3 rings (SSSR count). The molecule has 0 aromatic carbocycles. The van der Waals surface area contributed by atoms with E-state index in [1.165, 1.54) is 19.5 Å². The van der Waals surface area contributed by atoms with Gasteiger partial charge in [0.05, 0.1) is 0 Å². The molecule has 0 radical (unpaired) electrons. The lowest BCUT2D eigenvalue weighted by Gasteiger charge is -2.56. The Kier molecular flexibility index (Phi) is 3.74. The first-order chi connectivity index (χ1) is 6.18. The van der Waals surface area contributed by atoms with Crippen LogP contribution in [-0.4, -0.2) is 48.1 Å². The van der Waals surface area contributed by atoms with Crippen molar-refractivity contribution >= 4 is 0 Å². The second-order valence-corrected chi connectivity index (χ2v) is 4.26. The Morgan fingerprint density at radius 3 is 1.85 bits per heavy atom. The van der Waals surface area contributed by atoms with E-state index in [9.17, 15) is 0 Å². The number of piperidine rings is 1. The Morgan fingerprint density at radius 1 is 1.08 bits per heavy atom. The zero-order valence-corrected chi connectivity index (χ0v) is 9.75. The van der Waals surface area contributed by atoms with Crippen LogP contribution in [0.1, 0.15) is 34.1 Å². The summed E-state index contributed by atoms with van der Waals surface area (Å²) in [7, 11) is 2.26. The van der Waals surface area contributed by atoms with Gasteiger partial charge in [-0.15, -0.1) is 0 Å². The van der Waals surface area contributed by atoms with Gasteiger partial charge in [-0.05, 0) is 27.3 Å². The van der Waals surface area contributed by atoms with E-state index in [0.717, 1.165) is 18.1 Å². The van der Waals surface area contributed by atoms with E-state index in [4.69, 9.17) is 0 Å². The summed E-state index contributed by atoms with van der Waals surface area (Å²) >= 11 is 0. The standard InChI is InChI=1S/C9H18N2.C2H6/c1-7(2)11-5-8-4-9(6-11)10(8)3;1-2/h7-9H,4-6H2,1-3H3;1-2H3. The predicted molar refractivity (Wildman–Crippen MR) is 58.0 cm³/mol. The molecule has 3 heterocycles. The summed E-state index contributed by atoms with van der Waals surface area (Å²) in [5, 5.41) is 0. The van der Waals surface area contributed by atoms with E-state index in [-0.39, 0.29) is 0 Å². The second kappa shape index (κ2) is 4.43. The van der Waals surface area contributed by atoms with Crippen molar-refractivity contribution in [1.29, 1.82) is 0 Å². The van der Waals surface area contributed by atoms with Crippen molar-refractivity contribution in [3.63, 3.8) is 0 Å². The van der Waals surface area contributed by atoms with Crippen molar-refractivity contribution < 1.29 is 0 Å². The monoisotopic (exact) mass is 184 g/mol. The van der Waals surface area contributed by atoms with Crippen molar-refractivity contribution in [3.05, 3.63) is 0 Å². The predicted octanol–water partition coefficient (Wildman–Crippen LogP) is 1.81. The fourth-order valence-electron chi connectivity index (χ4n) is 2.25. The Hall–Kier alpha value is -0.0800. The molecule has 0 aliphatic carbocycles. The van der Waals surface area contributed by atoms with Gasteiger partial charge in [-0.3, -0.25) is 9.80 Å². The molecule has 13 heavy (non-hydrogen) atoms. The maximum absolute atomic E-state index is 2.60. The van der Waals surface area contributed by atoms with Gasteiger partial charge in [0.25, 0.3) is 0 Å². The van der Waals surface area contributed by atoms with E-state index in [1.54, 1.807) is 0 Å². The summed E-state index contributed by atoms with van der Waals surface area (Å²) in [6, 6.07) is 2.49. The quantitative estimate of drug-likeness (QED) is 0.613. The topological polar surface area (TPSA) is 6.48 Å². The molecule has 0 spiro atoms. The normalized spacial score (nSPS) is 33.7. The molecule has 0 aromatic heterocycles. The number of fused-ring (bicyclic) bond motifs is 2. The zero-order valence-electron chi connectivity index (χ0n) is 9.75. The molecular formula is C11H24N2. The third-order valence-electron chi connectivity index (χ3n) is 3.32. The van der Waals surface area contributed by atoms with Crippen LogP contribution in [0.2, 0.25) is 0 Å². The van der Waals surface area contributed by atoms with Gasteiger partial charge < -0.3 is 0 Å². The Morgan fingerprint density at radius 2 is 1.54 bits per heavy atom. The van der Waals surface area contributed by atoms with Gasteiger partial charge in [0.2, 0.25) is 0 Å². The maximum Gasteiger partial charge on any atom is 0.0239 e. The van der Waals surface area contributed by atoms with Crippen LogP contribution in [0.15, 0.2) is 0 Å². The highest BCUT2D eigenvalue weighted by Crippen LogP contribution is 2.30. The summed E-state index contributed by atoms with van der Waals surface area (Å²) in [4.78, 5) is 5.12. The van der Waals surface area contributed by atoms with Crippen molar-refractivity contribution in [2.45, 2.75) is 52.2 Å². The third kappa shape index (κ3) is 2.05. The van der Waals surface area contributed by atoms with Crippen molar-refractivity contribution in [2.75, 3.05) is 20.1 Å². The fourth-order valence-corrected chi connectivity index (χ4v) is 2.25. The molecule has 3 saturated heterocycles. The molecule has 3 fully saturated rings. The Labute approximate surface area is 82.9 Å². The minimum absolute atomic E-state index is 0.744. The largest absolute Gasteiger partial charge is 0.298 e. The minimum Gasteiger partial charge on any atom is -0.298 e. The van der Waals surface area contributed by atoms with Crippen LogP contribution < -0.4 is 0 Å². The van der Waals surface area contributed by atoms with E-state index < -0.39 is 0 Å². The number of likely N-dealkylation sites (N-methyl/N-ethyl adjacent to an activating group) is 1. The van der Waals surface area contributed by atoms with Crippen molar-refractivity contribution in [3.8, 4) is 0 Å². The van der Waals surface area contributed by atoms with E-state index >= 15 is 0 Å². The first kappa shape index (κ1) is 11.0. The third-order valence-corrected chi connectivity index (χ3v) is 3.32. The van der Waals surface area contributed by atoms with Crippen molar-refractivity contribution in [2.24, 2.45) is 0 Å². The highest BCUT2D eigenvalue weighted by atomic mass is 15.3. The lowest BCUT2D eigenvalue weighted by atomic mass is 9.88. The average Bonchev–Trinajstić information content (AvgIpc) is 2.20. The molecule has 0 N–H and O–H groups in total. The van der Waals surface area contributed by atoms with Gasteiger partial charge in [-0.25, -0.2) is 0 Å². The van der Waals surface area contributed by atoms with Crippen LogP contribution in [-0.2, 0) is 0 Å². The number of hydrogen-bond donors (Lipinski definition) is 0. The molecule has 2 bridgehead atoms. The number of nitrogens with zero attached hydrogens (tertiary/aromatic N) is 2. The molecule has 0 amide bonds. The fraction of sp³-hybridized carbons (Fsp3) is 1.00. The first-order valence-corrected chi connectivity index (χ1v) is 5.64. The lowest BCUT2D eigenvalue weighted by Crippen LogP contribution is -2.67. The Bertz CT molecular complexity index is 144. The Balaban J connectivity index is 0.000000396. The second-order valence-electron chi connectivity index (χ2n) is 4.26. The number of hydrogen-bond acceptors (Lipinski definition) is 2. The van der Waals surface area contributed by atoms with E-state index in [1.807, 2.05) is 13.8 Å². The smallest absolute Gasteiger partial charge is 0.0239 e. The number of rotatable bonds is 1. The van der Waals surface area contributed by atoms with Gasteiger partial charge in [-0.1, -0.05) is 13.8 Å². The van der Waals surface area contributed by atoms with Gasteiger partial charge in [-0.2, -0.15) is 0 Å². The molecule has 2 heteroatoms. The summed E-state index contributed by atoms with van der Waals surface area (Å²) in [6.45, 7) is 11.2. The van der Waals surface area contributed by atoms with Gasteiger partial charge in [0, 0.05) is 31.2 Å². The minimum atomic E-state index is 0.744. The molecule has 78 valence electrons. The molecule has 2 unspecified atom stereocenters. The average molecular weight is 184 g/mol. The van der Waals surface area contributed by atoms with E-state index in [0.29, 0.717) is 0 Å². The van der Waals surface area contributed by atoms with Crippen LogP contribution in [0.5, 0.6) is 0 Å². The zero-order chi connectivity index (χ0) is 10.0. The highest BCUT2D eigenvalue weighted by Gasteiger charge is 2.42. The molecule has 0 aromatic rings. The van der Waals surface area contributed by atoms with Gasteiger partial charge >= 0.3 is 0 Å². The lowest BCUT2D eigenvalue weighted by molar-refractivity contribution is -0.0605. The molecular weight excluding hydrogens is 160 g/mol. The summed E-state index contributed by atoms with van der Waals surface area (Å²) < 4.78 is 0. The SMILES string of the molecule is CC.CC(C)N1CC2CC(C1)N2C. The van der Waals surface area contributed by atoms with E-state index in [2.05, 4.69) is 30.7 Å². The first-order valence-electron chi connectivity index (χ1n) is 5.64. The molecule has 3 aliphatic rings. The van der Waals surface area contributed by atoms with Crippen LogP contribution in [0.25, 0.3) is 0 Å². The summed E-state index contributed by atoms with van der Waals surface area (Å²) in [5.74, 6) is 0. The summed E-state index contributed by atoms with van der Waals surface area (Å²) in [6.07, 6.45) is 1.44. The maximum atomic E-state index is 2.60. The van der Waals surface area contributed by atoms with Gasteiger partial charge in [0.1, 0.15) is 0 Å². The van der Waals surface area contributed by atoms with Gasteiger partial charge in [0.15, 0.2) is 0 Å². The van der Waals surface area contributed by atoms with Crippen LogP contribution >= 0.6 is 0 Å². The number of piperazine rings is 1. The highest BCUT2D eigenvalue weighted by molar-refractivity contribution is 4.99. The molecule has 2 atom stereocenters. The van der Waals surface area contributed by atoms with Crippen LogP contribution in [0.3, 0.4) is 0 Å². The molecule has 0 saturated carbocycles. The van der Waals surface area contributed by atoms with Crippen molar-refractivity contribution in [1.82, 2.24) is 9.80 Å². The molecule has 2 nitrogen and oxygen atoms in total. The summed E-state index contributed by atoms with van der Waals surface area (Å²) in [5.41, 5.74) is 0. The van der Waals surface area contributed by atoms with Crippen LogP contribution in [0.4, 0.5) is 0 Å². The molecule has 3 aliphatic heterocycles.